The van der Waals surface area contributed by atoms with Gasteiger partial charge in [0.15, 0.2) is 0 Å². The second-order valence-corrected chi connectivity index (χ2v) is 18.4. The first-order valence-corrected chi connectivity index (χ1v) is 23.8. The number of nitrogens with one attached hydrogen (secondary N) is 2. The molecular formula is C61H64N4. The summed E-state index contributed by atoms with van der Waals surface area (Å²) in [5, 5.41) is 7.63. The zero-order chi connectivity index (χ0) is 44.4. The third-order valence-electron chi connectivity index (χ3n) is 13.7. The molecule has 0 spiro atoms. The van der Waals surface area contributed by atoms with Crippen molar-refractivity contribution in [2.75, 3.05) is 38.3 Å². The van der Waals surface area contributed by atoms with Gasteiger partial charge in [-0.15, -0.1) is 0 Å². The molecule has 5 aromatic carbocycles. The van der Waals surface area contributed by atoms with Crippen LogP contribution < -0.4 is 10.6 Å². The highest BCUT2D eigenvalue weighted by Crippen LogP contribution is 2.43. The van der Waals surface area contributed by atoms with Crippen LogP contribution in [-0.2, 0) is 0 Å². The van der Waals surface area contributed by atoms with Crippen molar-refractivity contribution in [1.29, 1.82) is 0 Å². The van der Waals surface area contributed by atoms with E-state index in [4.69, 9.17) is 0 Å². The van der Waals surface area contributed by atoms with E-state index in [1.807, 2.05) is 0 Å². The van der Waals surface area contributed by atoms with Crippen molar-refractivity contribution in [2.24, 2.45) is 11.8 Å². The largest absolute Gasteiger partial charge is 0.359 e. The first-order chi connectivity index (χ1) is 32.0. The van der Waals surface area contributed by atoms with Crippen molar-refractivity contribution >= 4 is 22.6 Å². The molecule has 4 nitrogen and oxygen atoms in total. The van der Waals surface area contributed by atoms with Crippen LogP contribution in [0.15, 0.2) is 223 Å². The fourth-order valence-corrected chi connectivity index (χ4v) is 10.3. The fourth-order valence-electron chi connectivity index (χ4n) is 10.3. The molecule has 0 amide bonds. The Hall–Kier alpha value is -6.46. The minimum absolute atomic E-state index is 0.249. The Labute approximate surface area is 388 Å². The van der Waals surface area contributed by atoms with E-state index in [0.717, 1.165) is 62.1 Å². The maximum absolute atomic E-state index is 3.84. The molecule has 0 radical (unpaired) electrons. The second kappa shape index (κ2) is 21.0. The summed E-state index contributed by atoms with van der Waals surface area (Å²) in [6.07, 6.45) is 34.5. The molecule has 4 aliphatic rings. The van der Waals surface area contributed by atoms with Crippen molar-refractivity contribution in [3.63, 3.8) is 0 Å². The summed E-state index contributed by atoms with van der Waals surface area (Å²) in [6, 6.07) is 49.2. The maximum Gasteiger partial charge on any atom is 0.0464 e. The average molecular weight is 853 g/mol. The molecule has 0 aliphatic heterocycles. The van der Waals surface area contributed by atoms with Crippen molar-refractivity contribution in [3.05, 3.63) is 240 Å². The number of nitrogens with zero attached hydrogens (tertiary/aromatic N) is 2. The standard InChI is InChI=1S/C61H64N4/c1-64(2)59(48-24-11-5-12-25-48)43-60(49-26-13-6-14-27-49)65(3)44-45-21-19-30-51(41-45)52-37-40-57(56(42-52)46-22-9-4-10-23-46)62-54-38-35-47(36-39-54)55-33-20-34-58(63-53-31-17-8-18-32-53)61(55)50-28-15-7-16-29-50/h4-5,7-13,15-18,20,22-28,30-42,50,55,59-63H,6,14,19,21,29,43-44H2,1-3H3. The van der Waals surface area contributed by atoms with Crippen molar-refractivity contribution in [3.8, 4) is 11.1 Å². The Morgan fingerprint density at radius 1 is 0.646 bits per heavy atom. The van der Waals surface area contributed by atoms with Crippen LogP contribution in [0.5, 0.6) is 0 Å². The first-order valence-electron chi connectivity index (χ1n) is 23.8. The van der Waals surface area contributed by atoms with Gasteiger partial charge in [0.05, 0.1) is 0 Å². The van der Waals surface area contributed by atoms with E-state index in [9.17, 15) is 0 Å². The number of allylic oxidation sites excluding steroid dienone is 13. The van der Waals surface area contributed by atoms with Gasteiger partial charge in [-0.05, 0) is 141 Å². The monoisotopic (exact) mass is 853 g/mol. The van der Waals surface area contributed by atoms with Gasteiger partial charge in [-0.3, -0.25) is 4.90 Å². The molecule has 9 rings (SSSR count). The van der Waals surface area contributed by atoms with Crippen molar-refractivity contribution < 1.29 is 0 Å². The van der Waals surface area contributed by atoms with E-state index in [2.05, 4.69) is 248 Å². The summed E-state index contributed by atoms with van der Waals surface area (Å²) in [5.41, 5.74) is 15.2. The molecular weight excluding hydrogens is 789 g/mol. The van der Waals surface area contributed by atoms with E-state index in [1.54, 1.807) is 0 Å². The molecule has 0 saturated heterocycles. The highest BCUT2D eigenvalue weighted by molar-refractivity contribution is 5.86. The Bertz CT molecular complexity index is 2620. The van der Waals surface area contributed by atoms with Crippen LogP contribution in [0.3, 0.4) is 0 Å². The average Bonchev–Trinajstić information content (AvgIpc) is 3.36. The number of rotatable bonds is 16. The lowest BCUT2D eigenvalue weighted by Crippen LogP contribution is -2.38. The maximum atomic E-state index is 3.84. The van der Waals surface area contributed by atoms with Gasteiger partial charge in [0, 0.05) is 58.8 Å². The molecule has 5 atom stereocenters. The Kier molecular flexibility index (Phi) is 14.2. The van der Waals surface area contributed by atoms with E-state index in [1.165, 1.54) is 50.2 Å². The Morgan fingerprint density at radius 3 is 2.12 bits per heavy atom. The minimum Gasteiger partial charge on any atom is -0.359 e. The summed E-state index contributed by atoms with van der Waals surface area (Å²) in [7, 11) is 6.77. The lowest BCUT2D eigenvalue weighted by molar-refractivity contribution is 0.205. The molecule has 0 aromatic heterocycles. The Balaban J connectivity index is 0.943. The van der Waals surface area contributed by atoms with Gasteiger partial charge in [0.1, 0.15) is 0 Å². The highest BCUT2D eigenvalue weighted by atomic mass is 15.2. The smallest absolute Gasteiger partial charge is 0.0464 e. The third-order valence-corrected chi connectivity index (χ3v) is 13.7. The summed E-state index contributed by atoms with van der Waals surface area (Å²) in [4.78, 5) is 4.99. The molecule has 0 heterocycles. The molecule has 4 aliphatic carbocycles. The normalized spacial score (nSPS) is 20.2. The van der Waals surface area contributed by atoms with Crippen molar-refractivity contribution in [2.45, 2.75) is 56.5 Å². The van der Waals surface area contributed by atoms with Crippen LogP contribution in [0.2, 0.25) is 0 Å². The molecule has 0 fully saturated rings. The lowest BCUT2D eigenvalue weighted by Gasteiger charge is -2.36. The summed E-state index contributed by atoms with van der Waals surface area (Å²) in [6.45, 7) is 0.941. The highest BCUT2D eigenvalue weighted by Gasteiger charge is 2.33. The molecule has 5 unspecified atom stereocenters. The van der Waals surface area contributed by atoms with E-state index in [0.29, 0.717) is 23.9 Å². The van der Waals surface area contributed by atoms with Crippen LogP contribution >= 0.6 is 0 Å². The first kappa shape index (κ1) is 43.8. The SMILES string of the molecule is CN(C)C(CC(C1=CCCC=C1)N(C)CC1=CC(c2ccc(Nc3ccc(C4C=CC=C(Nc5ccccc5)C4C4C=CC=CC4)cc3)c(-c3ccccc3)c2)=CCC1)c1ccccc1. The lowest BCUT2D eigenvalue weighted by atomic mass is 9.71. The third kappa shape index (κ3) is 10.7. The molecule has 2 N–H and O–H groups in total. The number of likely N-dealkylation sites (N-methyl/N-ethyl adjacent to an activating group) is 1. The van der Waals surface area contributed by atoms with Crippen molar-refractivity contribution in [1.82, 2.24) is 9.80 Å². The Morgan fingerprint density at radius 2 is 1.40 bits per heavy atom. The summed E-state index contributed by atoms with van der Waals surface area (Å²) in [5.74, 6) is 0.949. The molecule has 328 valence electrons. The fraction of sp³-hybridized carbons (Fsp3) is 0.246. The van der Waals surface area contributed by atoms with Gasteiger partial charge in [0.25, 0.3) is 0 Å². The molecule has 4 heteroatoms. The van der Waals surface area contributed by atoms with Crippen LogP contribution in [0.1, 0.15) is 67.2 Å². The van der Waals surface area contributed by atoms with Gasteiger partial charge in [-0.25, -0.2) is 0 Å². The number of para-hydroxylation sites is 1. The van der Waals surface area contributed by atoms with Crippen LogP contribution in [0.4, 0.5) is 17.1 Å². The topological polar surface area (TPSA) is 30.5 Å². The van der Waals surface area contributed by atoms with Crippen LogP contribution in [0, 0.1) is 11.8 Å². The van der Waals surface area contributed by atoms with Gasteiger partial charge in [-0.1, -0.05) is 169 Å². The number of benzene rings is 5. The quantitative estimate of drug-likeness (QED) is 0.104. The molecule has 0 saturated carbocycles. The second-order valence-electron chi connectivity index (χ2n) is 18.4. The van der Waals surface area contributed by atoms with Crippen LogP contribution in [0.25, 0.3) is 16.7 Å². The van der Waals surface area contributed by atoms with E-state index < -0.39 is 0 Å². The summed E-state index contributed by atoms with van der Waals surface area (Å²) < 4.78 is 0. The molecule has 65 heavy (non-hydrogen) atoms. The minimum atomic E-state index is 0.249. The number of hydrogen-bond donors (Lipinski definition) is 2. The van der Waals surface area contributed by atoms with E-state index >= 15 is 0 Å². The van der Waals surface area contributed by atoms with Gasteiger partial charge < -0.3 is 15.5 Å². The van der Waals surface area contributed by atoms with Crippen LogP contribution in [-0.4, -0.2) is 43.5 Å². The van der Waals surface area contributed by atoms with Gasteiger partial charge >= 0.3 is 0 Å². The van der Waals surface area contributed by atoms with E-state index in [-0.39, 0.29) is 5.92 Å². The zero-order valence-electron chi connectivity index (χ0n) is 38.4. The predicted octanol–water partition coefficient (Wildman–Crippen LogP) is 14.9. The van der Waals surface area contributed by atoms with Gasteiger partial charge in [0.2, 0.25) is 0 Å². The molecule has 5 aromatic rings. The number of anilines is 3. The number of hydrogen-bond acceptors (Lipinski definition) is 4. The summed E-state index contributed by atoms with van der Waals surface area (Å²) >= 11 is 0. The zero-order valence-corrected chi connectivity index (χ0v) is 38.4. The predicted molar refractivity (Wildman–Crippen MR) is 277 cm³/mol. The van der Waals surface area contributed by atoms with Gasteiger partial charge in [-0.2, -0.15) is 0 Å². The molecule has 0 bridgehead atoms.